The molecule has 3 aromatic rings. The van der Waals surface area contributed by atoms with Crippen LogP contribution in [-0.4, -0.2) is 29.6 Å². The molecule has 0 bridgehead atoms. The highest BCUT2D eigenvalue weighted by Crippen LogP contribution is 2.28. The summed E-state index contributed by atoms with van der Waals surface area (Å²) in [6.07, 6.45) is -0.124. The SMILES string of the molecule is Cc1cccc(C)c1OCC(=O)C(C(O)CC(N)Cc1ccccc1)C(N)c1ccccc1. The summed E-state index contributed by atoms with van der Waals surface area (Å²) < 4.78 is 5.90. The van der Waals surface area contributed by atoms with E-state index < -0.39 is 18.1 Å². The Morgan fingerprint density at radius 3 is 2.06 bits per heavy atom. The van der Waals surface area contributed by atoms with Crippen molar-refractivity contribution in [2.75, 3.05) is 6.61 Å². The van der Waals surface area contributed by atoms with E-state index in [4.69, 9.17) is 16.2 Å². The minimum atomic E-state index is -0.993. The molecule has 4 unspecified atom stereocenters. The van der Waals surface area contributed by atoms with E-state index in [9.17, 15) is 9.90 Å². The van der Waals surface area contributed by atoms with Gasteiger partial charge in [-0.2, -0.15) is 0 Å². The molecule has 0 aliphatic carbocycles. The third-order valence-corrected chi connectivity index (χ3v) is 6.01. The zero-order valence-electron chi connectivity index (χ0n) is 19.4. The van der Waals surface area contributed by atoms with Gasteiger partial charge in [0.2, 0.25) is 0 Å². The number of aliphatic hydroxyl groups is 1. The second-order valence-electron chi connectivity index (χ2n) is 8.69. The molecule has 0 aliphatic heterocycles. The second-order valence-corrected chi connectivity index (χ2v) is 8.69. The normalized spacial score (nSPS) is 14.8. The van der Waals surface area contributed by atoms with Crippen LogP contribution in [0.3, 0.4) is 0 Å². The molecular weight excluding hydrogens is 412 g/mol. The summed E-state index contributed by atoms with van der Waals surface area (Å²) in [4.78, 5) is 13.3. The fraction of sp³-hybridized carbons (Fsp3) is 0.321. The Morgan fingerprint density at radius 2 is 1.45 bits per heavy atom. The van der Waals surface area contributed by atoms with Crippen LogP contribution < -0.4 is 16.2 Å². The number of nitrogens with two attached hydrogens (primary N) is 2. The highest BCUT2D eigenvalue weighted by atomic mass is 16.5. The van der Waals surface area contributed by atoms with Crippen molar-refractivity contribution in [3.63, 3.8) is 0 Å². The largest absolute Gasteiger partial charge is 0.485 e. The second kappa shape index (κ2) is 11.8. The predicted octanol–water partition coefficient (Wildman–Crippen LogP) is 3.89. The molecule has 3 aromatic carbocycles. The van der Waals surface area contributed by atoms with Crippen LogP contribution in [0.2, 0.25) is 0 Å². The lowest BCUT2D eigenvalue weighted by Crippen LogP contribution is -2.43. The van der Waals surface area contributed by atoms with Crippen LogP contribution in [0, 0.1) is 19.8 Å². The Kier molecular flexibility index (Phi) is 8.78. The standard InChI is InChI=1S/C28H34N2O3/c1-19-10-9-11-20(2)28(19)33-18-25(32)26(27(30)22-14-7-4-8-15-22)24(31)17-23(29)16-21-12-5-3-6-13-21/h3-15,23-24,26-27,31H,16-18,29-30H2,1-2H3. The first-order chi connectivity index (χ1) is 15.9. The van der Waals surface area contributed by atoms with Crippen molar-refractivity contribution in [3.8, 4) is 5.75 Å². The topological polar surface area (TPSA) is 98.6 Å². The van der Waals surface area contributed by atoms with Crippen molar-refractivity contribution in [1.82, 2.24) is 0 Å². The summed E-state index contributed by atoms with van der Waals surface area (Å²) in [5.74, 6) is -0.389. The van der Waals surface area contributed by atoms with Gasteiger partial charge in [0, 0.05) is 12.1 Å². The Morgan fingerprint density at radius 1 is 0.879 bits per heavy atom. The minimum absolute atomic E-state index is 0.165. The van der Waals surface area contributed by atoms with Crippen LogP contribution in [0.25, 0.3) is 0 Å². The highest BCUT2D eigenvalue weighted by molar-refractivity contribution is 5.84. The first-order valence-electron chi connectivity index (χ1n) is 11.4. The number of Topliss-reactive ketones (excluding diaryl/α,β-unsaturated/α-hetero) is 1. The fourth-order valence-electron chi connectivity index (χ4n) is 4.26. The summed E-state index contributed by atoms with van der Waals surface area (Å²) in [5.41, 5.74) is 16.7. The highest BCUT2D eigenvalue weighted by Gasteiger charge is 2.34. The van der Waals surface area contributed by atoms with E-state index in [1.165, 1.54) is 0 Å². The molecule has 0 fully saturated rings. The van der Waals surface area contributed by atoms with Gasteiger partial charge in [0.25, 0.3) is 0 Å². The number of hydrogen-bond acceptors (Lipinski definition) is 5. The van der Waals surface area contributed by atoms with Crippen molar-refractivity contribution in [3.05, 3.63) is 101 Å². The molecule has 0 heterocycles. The van der Waals surface area contributed by atoms with Crippen LogP contribution in [0.5, 0.6) is 5.75 Å². The lowest BCUT2D eigenvalue weighted by Gasteiger charge is -2.29. The van der Waals surface area contributed by atoms with Gasteiger partial charge in [-0.25, -0.2) is 0 Å². The number of benzene rings is 3. The number of ketones is 1. The molecule has 5 N–H and O–H groups in total. The molecule has 0 spiro atoms. The molecule has 5 heteroatoms. The maximum Gasteiger partial charge on any atom is 0.177 e. The van der Waals surface area contributed by atoms with Gasteiger partial charge in [-0.15, -0.1) is 0 Å². The Hall–Kier alpha value is -2.99. The van der Waals surface area contributed by atoms with E-state index >= 15 is 0 Å². The number of para-hydroxylation sites is 1. The molecule has 0 amide bonds. The Balaban J connectivity index is 1.75. The van der Waals surface area contributed by atoms with E-state index in [1.54, 1.807) is 0 Å². The molecule has 174 valence electrons. The molecule has 4 atom stereocenters. The summed E-state index contributed by atoms with van der Waals surface area (Å²) in [5, 5.41) is 11.1. The number of ether oxygens (including phenoxy) is 1. The number of aryl methyl sites for hydroxylation is 2. The summed E-state index contributed by atoms with van der Waals surface area (Å²) >= 11 is 0. The lowest BCUT2D eigenvalue weighted by atomic mass is 9.83. The molecule has 5 nitrogen and oxygen atoms in total. The zero-order chi connectivity index (χ0) is 23.8. The lowest BCUT2D eigenvalue weighted by molar-refractivity contribution is -0.129. The molecule has 0 saturated carbocycles. The van der Waals surface area contributed by atoms with E-state index in [-0.39, 0.29) is 24.9 Å². The van der Waals surface area contributed by atoms with Crippen LogP contribution >= 0.6 is 0 Å². The van der Waals surface area contributed by atoms with Crippen LogP contribution in [0.4, 0.5) is 0 Å². The van der Waals surface area contributed by atoms with Crippen LogP contribution in [-0.2, 0) is 11.2 Å². The van der Waals surface area contributed by atoms with Crippen molar-refractivity contribution >= 4 is 5.78 Å². The van der Waals surface area contributed by atoms with E-state index in [1.807, 2.05) is 92.7 Å². The molecule has 3 rings (SSSR count). The molecule has 0 aliphatic rings. The van der Waals surface area contributed by atoms with E-state index in [0.717, 1.165) is 22.3 Å². The molecule has 0 saturated heterocycles. The Labute approximate surface area is 196 Å². The van der Waals surface area contributed by atoms with Crippen LogP contribution in [0.15, 0.2) is 78.9 Å². The fourth-order valence-corrected chi connectivity index (χ4v) is 4.26. The monoisotopic (exact) mass is 446 g/mol. The van der Waals surface area contributed by atoms with E-state index in [2.05, 4.69) is 0 Å². The first kappa shape index (κ1) is 24.6. The Bertz CT molecular complexity index is 1000. The number of carbonyl (C=O) groups is 1. The summed E-state index contributed by atoms with van der Waals surface area (Å²) in [6, 6.07) is 24.1. The number of aliphatic hydroxyl groups excluding tert-OH is 1. The average Bonchev–Trinajstić information content (AvgIpc) is 2.80. The van der Waals surface area contributed by atoms with Crippen molar-refractivity contribution < 1.29 is 14.6 Å². The van der Waals surface area contributed by atoms with Gasteiger partial charge in [0.05, 0.1) is 12.0 Å². The van der Waals surface area contributed by atoms with Crippen molar-refractivity contribution in [2.24, 2.45) is 17.4 Å². The molecule has 0 aromatic heterocycles. The van der Waals surface area contributed by atoms with Gasteiger partial charge in [0.15, 0.2) is 5.78 Å². The van der Waals surface area contributed by atoms with Gasteiger partial charge in [-0.1, -0.05) is 78.9 Å². The zero-order valence-corrected chi connectivity index (χ0v) is 19.4. The van der Waals surface area contributed by atoms with Gasteiger partial charge in [-0.3, -0.25) is 4.79 Å². The van der Waals surface area contributed by atoms with Gasteiger partial charge < -0.3 is 21.3 Å². The first-order valence-corrected chi connectivity index (χ1v) is 11.4. The van der Waals surface area contributed by atoms with Gasteiger partial charge in [0.1, 0.15) is 12.4 Å². The van der Waals surface area contributed by atoms with Gasteiger partial charge >= 0.3 is 0 Å². The third-order valence-electron chi connectivity index (χ3n) is 6.01. The van der Waals surface area contributed by atoms with Crippen molar-refractivity contribution in [2.45, 2.75) is 44.9 Å². The van der Waals surface area contributed by atoms with Crippen molar-refractivity contribution in [1.29, 1.82) is 0 Å². The third kappa shape index (κ3) is 6.75. The number of carbonyl (C=O) groups excluding carboxylic acids is 1. The summed E-state index contributed by atoms with van der Waals surface area (Å²) in [6.45, 7) is 3.72. The van der Waals surface area contributed by atoms with E-state index in [0.29, 0.717) is 12.2 Å². The molecule has 33 heavy (non-hydrogen) atoms. The molecule has 0 radical (unpaired) electrons. The van der Waals surface area contributed by atoms with Gasteiger partial charge in [-0.05, 0) is 48.9 Å². The number of rotatable bonds is 11. The number of hydrogen-bond donors (Lipinski definition) is 3. The summed E-state index contributed by atoms with van der Waals surface area (Å²) in [7, 11) is 0. The maximum atomic E-state index is 13.3. The quantitative estimate of drug-likeness (QED) is 0.415. The smallest absolute Gasteiger partial charge is 0.177 e. The maximum absolute atomic E-state index is 13.3. The van der Waals surface area contributed by atoms with Crippen LogP contribution in [0.1, 0.15) is 34.7 Å². The minimum Gasteiger partial charge on any atom is -0.485 e. The average molecular weight is 447 g/mol. The molecular formula is C28H34N2O3. The predicted molar refractivity (Wildman–Crippen MR) is 132 cm³/mol.